The molecule has 2 aromatic carbocycles. The molecule has 0 heterocycles. The molecule has 21 heavy (non-hydrogen) atoms. The van der Waals surface area contributed by atoms with E-state index in [4.69, 9.17) is 0 Å². The summed E-state index contributed by atoms with van der Waals surface area (Å²) in [7, 11) is 0. The van der Waals surface area contributed by atoms with Gasteiger partial charge in [-0.05, 0) is 42.5 Å². The van der Waals surface area contributed by atoms with Gasteiger partial charge in [0, 0.05) is 4.47 Å². The molecule has 0 fully saturated rings. The van der Waals surface area contributed by atoms with Crippen LogP contribution in [0.5, 0.6) is 0 Å². The number of unbranched alkanes of at least 4 members (excludes halogenated alkanes) is 1. The molecule has 0 bridgehead atoms. The Balaban J connectivity index is 0.000000364. The van der Waals surface area contributed by atoms with Crippen LogP contribution in [-0.2, 0) is 12.8 Å². The zero-order valence-electron chi connectivity index (χ0n) is 13.0. The van der Waals surface area contributed by atoms with Crippen LogP contribution in [0.15, 0.2) is 59.1 Å². The van der Waals surface area contributed by atoms with E-state index in [-0.39, 0.29) is 12.4 Å². The highest BCUT2D eigenvalue weighted by atomic mass is 79.9. The number of aryl methyl sites for hydroxylation is 2. The van der Waals surface area contributed by atoms with Crippen molar-refractivity contribution in [3.63, 3.8) is 0 Å². The number of rotatable bonds is 5. The van der Waals surface area contributed by atoms with Crippen LogP contribution in [0.2, 0.25) is 0 Å². The SMILES string of the molecule is CCCCc1ccccc1.CCCc1ccc(Br)cc1.Cl. The Kier molecular flexibility index (Phi) is 12.4. The van der Waals surface area contributed by atoms with Gasteiger partial charge in [0.1, 0.15) is 0 Å². The summed E-state index contributed by atoms with van der Waals surface area (Å²) >= 11 is 3.40. The van der Waals surface area contributed by atoms with Crippen LogP contribution in [0, 0.1) is 0 Å². The van der Waals surface area contributed by atoms with E-state index in [1.54, 1.807) is 0 Å². The van der Waals surface area contributed by atoms with Crippen molar-refractivity contribution in [1.29, 1.82) is 0 Å². The van der Waals surface area contributed by atoms with Crippen LogP contribution < -0.4 is 0 Å². The minimum Gasteiger partial charge on any atom is -0.147 e. The lowest BCUT2D eigenvalue weighted by Crippen LogP contribution is -1.81. The molecule has 0 aromatic heterocycles. The van der Waals surface area contributed by atoms with Crippen LogP contribution >= 0.6 is 28.3 Å². The molecule has 0 aliphatic heterocycles. The van der Waals surface area contributed by atoms with Crippen molar-refractivity contribution >= 4 is 28.3 Å². The normalized spacial score (nSPS) is 9.29. The lowest BCUT2D eigenvalue weighted by atomic mass is 10.1. The second kappa shape index (κ2) is 12.9. The van der Waals surface area contributed by atoms with Gasteiger partial charge in [0.05, 0.1) is 0 Å². The van der Waals surface area contributed by atoms with E-state index in [0.717, 1.165) is 4.47 Å². The Labute approximate surface area is 144 Å². The molecule has 0 spiro atoms. The van der Waals surface area contributed by atoms with Gasteiger partial charge in [-0.2, -0.15) is 0 Å². The van der Waals surface area contributed by atoms with E-state index in [1.807, 2.05) is 0 Å². The summed E-state index contributed by atoms with van der Waals surface area (Å²) in [6.07, 6.45) is 6.24. The first-order valence-electron chi connectivity index (χ1n) is 7.54. The average molecular weight is 370 g/mol. The van der Waals surface area contributed by atoms with E-state index in [9.17, 15) is 0 Å². The second-order valence-corrected chi connectivity index (χ2v) is 5.88. The molecular weight excluding hydrogens is 344 g/mol. The minimum absolute atomic E-state index is 0. The quantitative estimate of drug-likeness (QED) is 0.540. The van der Waals surface area contributed by atoms with Gasteiger partial charge in [-0.15, -0.1) is 12.4 Å². The summed E-state index contributed by atoms with van der Waals surface area (Å²) < 4.78 is 1.16. The second-order valence-electron chi connectivity index (χ2n) is 4.97. The Morgan fingerprint density at radius 3 is 1.81 bits per heavy atom. The van der Waals surface area contributed by atoms with Crippen molar-refractivity contribution in [2.75, 3.05) is 0 Å². The van der Waals surface area contributed by atoms with E-state index in [0.29, 0.717) is 0 Å². The molecule has 0 N–H and O–H groups in total. The summed E-state index contributed by atoms with van der Waals surface area (Å²) in [5, 5.41) is 0. The Morgan fingerprint density at radius 2 is 1.29 bits per heavy atom. The maximum Gasteiger partial charge on any atom is 0.0175 e. The molecule has 0 amide bonds. The molecule has 0 aliphatic rings. The molecule has 0 aliphatic carbocycles. The van der Waals surface area contributed by atoms with Gasteiger partial charge >= 0.3 is 0 Å². The highest BCUT2D eigenvalue weighted by molar-refractivity contribution is 9.10. The van der Waals surface area contributed by atoms with E-state index in [2.05, 4.69) is 84.4 Å². The monoisotopic (exact) mass is 368 g/mol. The number of benzene rings is 2. The van der Waals surface area contributed by atoms with Crippen molar-refractivity contribution in [1.82, 2.24) is 0 Å². The van der Waals surface area contributed by atoms with E-state index >= 15 is 0 Å². The molecule has 2 aromatic rings. The standard InChI is InChI=1S/C10H14.C9H11Br.ClH/c1-2-3-7-10-8-5-4-6-9-10;1-2-3-8-4-6-9(10)7-5-8;/h4-6,8-9H,2-3,7H2,1H3;4-7H,2-3H2,1H3;1H. The molecule has 0 saturated carbocycles. The lowest BCUT2D eigenvalue weighted by Gasteiger charge is -1.96. The van der Waals surface area contributed by atoms with Gasteiger partial charge in [0.15, 0.2) is 0 Å². The molecular formula is C19H26BrCl. The van der Waals surface area contributed by atoms with Gasteiger partial charge in [0.2, 0.25) is 0 Å². The van der Waals surface area contributed by atoms with Crippen molar-refractivity contribution in [2.45, 2.75) is 46.0 Å². The predicted molar refractivity (Wildman–Crippen MR) is 100 cm³/mol. The van der Waals surface area contributed by atoms with Crippen LogP contribution in [0.1, 0.15) is 44.2 Å². The molecule has 0 atom stereocenters. The molecule has 0 unspecified atom stereocenters. The summed E-state index contributed by atoms with van der Waals surface area (Å²) in [5.74, 6) is 0. The van der Waals surface area contributed by atoms with Crippen molar-refractivity contribution < 1.29 is 0 Å². The highest BCUT2D eigenvalue weighted by Gasteiger charge is 1.89. The van der Waals surface area contributed by atoms with Gasteiger partial charge in [-0.3, -0.25) is 0 Å². The third-order valence-electron chi connectivity index (χ3n) is 3.11. The first-order chi connectivity index (χ1) is 9.76. The van der Waals surface area contributed by atoms with Crippen molar-refractivity contribution in [3.8, 4) is 0 Å². The lowest BCUT2D eigenvalue weighted by molar-refractivity contribution is 0.795. The zero-order valence-corrected chi connectivity index (χ0v) is 15.4. The Bertz CT molecular complexity index is 451. The Morgan fingerprint density at radius 1 is 0.714 bits per heavy atom. The van der Waals surface area contributed by atoms with Crippen LogP contribution in [0.3, 0.4) is 0 Å². The third kappa shape index (κ3) is 9.71. The molecule has 2 heteroatoms. The first-order valence-corrected chi connectivity index (χ1v) is 8.34. The van der Waals surface area contributed by atoms with E-state index in [1.165, 1.54) is 43.2 Å². The van der Waals surface area contributed by atoms with Crippen molar-refractivity contribution in [3.05, 3.63) is 70.2 Å². The summed E-state index contributed by atoms with van der Waals surface area (Å²) in [4.78, 5) is 0. The molecule has 116 valence electrons. The van der Waals surface area contributed by atoms with Crippen molar-refractivity contribution in [2.24, 2.45) is 0 Å². The highest BCUT2D eigenvalue weighted by Crippen LogP contribution is 2.11. The topological polar surface area (TPSA) is 0 Å². The van der Waals surface area contributed by atoms with Gasteiger partial charge in [-0.1, -0.05) is 85.1 Å². The maximum atomic E-state index is 3.40. The molecule has 2 rings (SSSR count). The molecule has 0 radical (unpaired) electrons. The first kappa shape index (κ1) is 20.2. The van der Waals surface area contributed by atoms with Gasteiger partial charge < -0.3 is 0 Å². The van der Waals surface area contributed by atoms with Gasteiger partial charge in [0.25, 0.3) is 0 Å². The smallest absolute Gasteiger partial charge is 0.0175 e. The fraction of sp³-hybridized carbons (Fsp3) is 0.368. The fourth-order valence-electron chi connectivity index (χ4n) is 1.97. The number of hydrogen-bond donors (Lipinski definition) is 0. The maximum absolute atomic E-state index is 3.40. The Hall–Kier alpha value is -0.790. The van der Waals surface area contributed by atoms with Crippen LogP contribution in [-0.4, -0.2) is 0 Å². The summed E-state index contributed by atoms with van der Waals surface area (Å²) in [6.45, 7) is 4.42. The predicted octanol–water partition coefficient (Wildman–Crippen LogP) is 6.85. The third-order valence-corrected chi connectivity index (χ3v) is 3.64. The largest absolute Gasteiger partial charge is 0.147 e. The number of hydrogen-bond acceptors (Lipinski definition) is 0. The average Bonchev–Trinajstić information content (AvgIpc) is 2.49. The summed E-state index contributed by atoms with van der Waals surface area (Å²) in [5.41, 5.74) is 2.88. The zero-order chi connectivity index (χ0) is 14.6. The minimum atomic E-state index is 0. The van der Waals surface area contributed by atoms with Gasteiger partial charge in [-0.25, -0.2) is 0 Å². The fourth-order valence-corrected chi connectivity index (χ4v) is 2.23. The van der Waals surface area contributed by atoms with E-state index < -0.39 is 0 Å². The molecule has 0 nitrogen and oxygen atoms in total. The summed E-state index contributed by atoms with van der Waals surface area (Å²) in [6, 6.07) is 19.1. The number of halogens is 2. The van der Waals surface area contributed by atoms with Crippen LogP contribution in [0.25, 0.3) is 0 Å². The molecule has 0 saturated heterocycles. The van der Waals surface area contributed by atoms with Crippen LogP contribution in [0.4, 0.5) is 0 Å².